The standard InChI is InChI=1S/C44H51N5O13/c1-26(2)40(53)47-43-46-39-36(41(54)48-43)45-24-49(39)42-38(59-25-57-21-20-34(61-28(4)51)22-58-27(3)50)37(52)35(62-42)23-60-44(29-10-8-7-9-11-29,30-12-16-32(55-5)17-13-30)31-14-18-33(56-6)19-15-31/h7-19,24,26,34-35,37-38,42,52H,20-23,25H2,1-6H3,(H2,46,47,48,53,54)/t34?,35-,37?,38+,42-/m1/s1. The minimum absolute atomic E-state index is 0.0211. The number of anilines is 1. The lowest BCUT2D eigenvalue weighted by molar-refractivity contribution is -0.160. The summed E-state index contributed by atoms with van der Waals surface area (Å²) in [5.41, 5.74) is 0.403. The van der Waals surface area contributed by atoms with Crippen molar-refractivity contribution in [1.82, 2.24) is 19.5 Å². The molecule has 5 aromatic rings. The maximum atomic E-state index is 13.2. The van der Waals surface area contributed by atoms with Crippen molar-refractivity contribution in [2.75, 3.05) is 46.1 Å². The molecule has 2 unspecified atom stereocenters. The molecule has 0 bridgehead atoms. The van der Waals surface area contributed by atoms with Crippen LogP contribution in [0.2, 0.25) is 0 Å². The fourth-order valence-corrected chi connectivity index (χ4v) is 7.00. The van der Waals surface area contributed by atoms with E-state index in [-0.39, 0.29) is 56.1 Å². The Morgan fingerprint density at radius 1 is 0.919 bits per heavy atom. The highest BCUT2D eigenvalue weighted by atomic mass is 16.7. The van der Waals surface area contributed by atoms with Crippen LogP contribution in [0, 0.1) is 5.92 Å². The van der Waals surface area contributed by atoms with Gasteiger partial charge in [-0.1, -0.05) is 68.4 Å². The predicted octanol–water partition coefficient (Wildman–Crippen LogP) is 4.24. The van der Waals surface area contributed by atoms with Gasteiger partial charge in [0.2, 0.25) is 11.9 Å². The lowest BCUT2D eigenvalue weighted by atomic mass is 9.80. The summed E-state index contributed by atoms with van der Waals surface area (Å²) in [5, 5.41) is 14.7. The number of aromatic amines is 1. The first-order chi connectivity index (χ1) is 29.8. The summed E-state index contributed by atoms with van der Waals surface area (Å²) in [6, 6.07) is 24.6. The van der Waals surface area contributed by atoms with Gasteiger partial charge in [0.05, 0.1) is 33.8 Å². The number of ether oxygens (including phenoxy) is 8. The van der Waals surface area contributed by atoms with Crippen molar-refractivity contribution >= 4 is 35.0 Å². The van der Waals surface area contributed by atoms with Crippen LogP contribution in [0.4, 0.5) is 5.95 Å². The lowest BCUT2D eigenvalue weighted by Crippen LogP contribution is -2.40. The van der Waals surface area contributed by atoms with Crippen LogP contribution < -0.4 is 20.3 Å². The molecule has 330 valence electrons. The number of H-pyrrole nitrogens is 1. The zero-order valence-electron chi connectivity index (χ0n) is 35.3. The molecular formula is C44H51N5O13. The molecule has 62 heavy (non-hydrogen) atoms. The molecule has 1 saturated heterocycles. The third-order valence-corrected chi connectivity index (χ3v) is 10.2. The second kappa shape index (κ2) is 20.6. The topological polar surface area (TPSA) is 221 Å². The Morgan fingerprint density at radius 3 is 2.13 bits per heavy atom. The van der Waals surface area contributed by atoms with Gasteiger partial charge in [0.15, 0.2) is 17.4 Å². The highest BCUT2D eigenvalue weighted by Crippen LogP contribution is 2.43. The number of esters is 2. The number of aliphatic hydroxyl groups is 1. The number of aromatic nitrogens is 4. The number of rotatable bonds is 20. The molecule has 18 heteroatoms. The average molecular weight is 858 g/mol. The number of imidazole rings is 1. The zero-order chi connectivity index (χ0) is 44.4. The number of methoxy groups -OCH3 is 2. The van der Waals surface area contributed by atoms with Gasteiger partial charge >= 0.3 is 11.9 Å². The summed E-state index contributed by atoms with van der Waals surface area (Å²) < 4.78 is 48.3. The predicted molar refractivity (Wildman–Crippen MR) is 222 cm³/mol. The van der Waals surface area contributed by atoms with E-state index in [0.29, 0.717) is 11.5 Å². The summed E-state index contributed by atoms with van der Waals surface area (Å²) in [6.45, 7) is 5.19. The van der Waals surface area contributed by atoms with Gasteiger partial charge in [0, 0.05) is 26.2 Å². The van der Waals surface area contributed by atoms with E-state index in [9.17, 15) is 24.3 Å². The van der Waals surface area contributed by atoms with Crippen molar-refractivity contribution in [1.29, 1.82) is 0 Å². The fourth-order valence-electron chi connectivity index (χ4n) is 7.00. The summed E-state index contributed by atoms with van der Waals surface area (Å²) in [7, 11) is 3.17. The molecule has 0 aliphatic carbocycles. The fraction of sp³-hybridized carbons (Fsp3) is 0.409. The van der Waals surface area contributed by atoms with Crippen molar-refractivity contribution < 1.29 is 57.4 Å². The number of hydrogen-bond donors (Lipinski definition) is 3. The van der Waals surface area contributed by atoms with Crippen molar-refractivity contribution in [3.8, 4) is 11.5 Å². The maximum absolute atomic E-state index is 13.2. The summed E-state index contributed by atoms with van der Waals surface area (Å²) in [4.78, 5) is 60.1. The third-order valence-electron chi connectivity index (χ3n) is 10.2. The van der Waals surface area contributed by atoms with Crippen LogP contribution in [0.3, 0.4) is 0 Å². The number of aliphatic hydroxyl groups excluding tert-OH is 1. The number of carbonyl (C=O) groups excluding carboxylic acids is 3. The van der Waals surface area contributed by atoms with Gasteiger partial charge in [-0.05, 0) is 41.0 Å². The van der Waals surface area contributed by atoms with Gasteiger partial charge in [-0.15, -0.1) is 0 Å². The van der Waals surface area contributed by atoms with Crippen molar-refractivity contribution in [2.45, 2.75) is 70.4 Å². The molecule has 0 radical (unpaired) electrons. The summed E-state index contributed by atoms with van der Waals surface area (Å²) in [6.07, 6.45) is -3.99. The van der Waals surface area contributed by atoms with Crippen LogP contribution >= 0.6 is 0 Å². The van der Waals surface area contributed by atoms with Gasteiger partial charge in [-0.2, -0.15) is 4.98 Å². The van der Waals surface area contributed by atoms with E-state index in [0.717, 1.165) is 16.7 Å². The van der Waals surface area contributed by atoms with E-state index in [4.69, 9.17) is 37.9 Å². The normalized spacial score (nSPS) is 18.1. The first-order valence-corrected chi connectivity index (χ1v) is 19.9. The van der Waals surface area contributed by atoms with Crippen LogP contribution in [0.5, 0.6) is 11.5 Å². The number of fused-ring (bicyclic) bond motifs is 1. The van der Waals surface area contributed by atoms with E-state index in [1.54, 1.807) is 28.1 Å². The van der Waals surface area contributed by atoms with Crippen LogP contribution in [-0.4, -0.2) is 108 Å². The average Bonchev–Trinajstić information content (AvgIpc) is 3.83. The molecule has 6 rings (SSSR count). The molecule has 1 amide bonds. The Labute approximate surface area is 357 Å². The van der Waals surface area contributed by atoms with E-state index in [1.807, 2.05) is 78.9 Å². The second-order valence-corrected chi connectivity index (χ2v) is 14.7. The third kappa shape index (κ3) is 10.5. The molecule has 2 aromatic heterocycles. The van der Waals surface area contributed by atoms with Crippen LogP contribution in [0.25, 0.3) is 11.2 Å². The summed E-state index contributed by atoms with van der Waals surface area (Å²) >= 11 is 0. The van der Waals surface area contributed by atoms with Crippen LogP contribution in [-0.2, 0) is 48.4 Å². The largest absolute Gasteiger partial charge is 0.497 e. The molecule has 3 N–H and O–H groups in total. The molecule has 3 aromatic carbocycles. The monoisotopic (exact) mass is 857 g/mol. The van der Waals surface area contributed by atoms with E-state index < -0.39 is 59.7 Å². The molecule has 1 aliphatic rings. The Kier molecular flexibility index (Phi) is 15.1. The second-order valence-electron chi connectivity index (χ2n) is 14.7. The number of carbonyl (C=O) groups is 3. The first-order valence-electron chi connectivity index (χ1n) is 19.9. The Morgan fingerprint density at radius 2 is 1.55 bits per heavy atom. The van der Waals surface area contributed by atoms with Gasteiger partial charge in [-0.3, -0.25) is 34.0 Å². The molecule has 1 aliphatic heterocycles. The number of benzene rings is 3. The molecule has 18 nitrogen and oxygen atoms in total. The van der Waals surface area contributed by atoms with Crippen LogP contribution in [0.1, 0.15) is 57.0 Å². The molecular weight excluding hydrogens is 807 g/mol. The SMILES string of the molecule is COc1ccc(C(OC[C@H]2O[C@@H](n3cnc4c(=O)[nH]c(NC(=O)C(C)C)nc43)[C@@H](OCOCCC(COC(C)=O)OC(C)=O)C2O)(c2ccccc2)c2ccc(OC)cc2)cc1. The number of amides is 1. The first kappa shape index (κ1) is 45.3. The minimum Gasteiger partial charge on any atom is -0.497 e. The molecule has 5 atom stereocenters. The summed E-state index contributed by atoms with van der Waals surface area (Å²) in [5.74, 6) is -0.684. The highest BCUT2D eigenvalue weighted by molar-refractivity contribution is 5.91. The van der Waals surface area contributed by atoms with E-state index >= 15 is 0 Å². The molecule has 1 fully saturated rings. The quantitative estimate of drug-likeness (QED) is 0.0431. The zero-order valence-corrected chi connectivity index (χ0v) is 35.3. The smallest absolute Gasteiger partial charge is 0.303 e. The maximum Gasteiger partial charge on any atom is 0.303 e. The van der Waals surface area contributed by atoms with Gasteiger partial charge < -0.3 is 43.0 Å². The molecule has 0 saturated carbocycles. The Hall–Kier alpha value is -6.18. The van der Waals surface area contributed by atoms with Gasteiger partial charge in [0.1, 0.15) is 54.9 Å². The van der Waals surface area contributed by atoms with Gasteiger partial charge in [-0.25, -0.2) is 4.98 Å². The number of nitrogens with one attached hydrogen (secondary N) is 2. The Balaban J connectivity index is 1.33. The molecule has 0 spiro atoms. The minimum atomic E-state index is -1.36. The van der Waals surface area contributed by atoms with Crippen LogP contribution in [0.15, 0.2) is 90.0 Å². The number of nitrogens with zero attached hydrogens (tertiary/aromatic N) is 3. The van der Waals surface area contributed by atoms with Crippen molar-refractivity contribution in [2.24, 2.45) is 5.92 Å². The highest BCUT2D eigenvalue weighted by Gasteiger charge is 2.48. The lowest BCUT2D eigenvalue weighted by Gasteiger charge is -2.37. The number of hydrogen-bond acceptors (Lipinski definition) is 15. The van der Waals surface area contributed by atoms with E-state index in [1.165, 1.54) is 24.7 Å². The van der Waals surface area contributed by atoms with Gasteiger partial charge in [0.25, 0.3) is 5.56 Å². The van der Waals surface area contributed by atoms with Crippen molar-refractivity contribution in [3.63, 3.8) is 0 Å². The Bertz CT molecular complexity index is 2290. The van der Waals surface area contributed by atoms with E-state index in [2.05, 4.69) is 20.3 Å². The molecule has 3 heterocycles. The van der Waals surface area contributed by atoms with Crippen molar-refractivity contribution in [3.05, 3.63) is 112 Å².